The van der Waals surface area contributed by atoms with Gasteiger partial charge in [-0.05, 0) is 30.8 Å². The first-order valence-electron chi connectivity index (χ1n) is 8.75. The van der Waals surface area contributed by atoms with Crippen LogP contribution in [0.25, 0.3) is 0 Å². The van der Waals surface area contributed by atoms with E-state index in [-0.39, 0.29) is 17.0 Å². The number of aliphatic hydroxyl groups is 2. The summed E-state index contributed by atoms with van der Waals surface area (Å²) in [5, 5.41) is 21.9. The molecule has 0 saturated carbocycles. The van der Waals surface area contributed by atoms with E-state index in [0.717, 1.165) is 23.5 Å². The Balaban J connectivity index is 2.23. The summed E-state index contributed by atoms with van der Waals surface area (Å²) in [6.07, 6.45) is 0.978. The lowest BCUT2D eigenvalue weighted by atomic mass is 9.89. The highest BCUT2D eigenvalue weighted by Crippen LogP contribution is 2.39. The van der Waals surface area contributed by atoms with Crippen molar-refractivity contribution in [1.82, 2.24) is 5.06 Å². The zero-order valence-corrected chi connectivity index (χ0v) is 15.7. The van der Waals surface area contributed by atoms with Gasteiger partial charge in [-0.25, -0.2) is 0 Å². The normalized spacial score (nSPS) is 29.6. The summed E-state index contributed by atoms with van der Waals surface area (Å²) in [7, 11) is 1.34. The largest absolute Gasteiger partial charge is 0.477 e. The van der Waals surface area contributed by atoms with Crippen molar-refractivity contribution in [3.8, 4) is 0 Å². The van der Waals surface area contributed by atoms with Crippen molar-refractivity contribution in [2.24, 2.45) is 11.8 Å². The number of carbonyl (C=O) groups excluding carboxylic acids is 1. The summed E-state index contributed by atoms with van der Waals surface area (Å²) in [5.41, 5.74) is 1.18. The summed E-state index contributed by atoms with van der Waals surface area (Å²) in [6.45, 7) is 12.1. The second-order valence-corrected chi connectivity index (χ2v) is 7.08. The number of hydroxylamine groups is 2. The highest BCUT2D eigenvalue weighted by molar-refractivity contribution is 5.98. The Labute approximate surface area is 149 Å². The molecule has 6 heteroatoms. The molecule has 0 fully saturated rings. The fourth-order valence-electron chi connectivity index (χ4n) is 3.49. The molecule has 0 saturated heterocycles. The number of carbonyl (C=O) groups is 1. The lowest BCUT2D eigenvalue weighted by Gasteiger charge is -2.33. The maximum atomic E-state index is 12.4. The Morgan fingerprint density at radius 1 is 1.44 bits per heavy atom. The number of ether oxygens (including phenoxy) is 1. The molecule has 2 unspecified atom stereocenters. The van der Waals surface area contributed by atoms with Crippen molar-refractivity contribution in [3.05, 3.63) is 35.3 Å². The van der Waals surface area contributed by atoms with Crippen LogP contribution in [0.4, 0.5) is 0 Å². The first-order chi connectivity index (χ1) is 11.7. The van der Waals surface area contributed by atoms with E-state index in [1.165, 1.54) is 7.11 Å². The molecule has 0 aromatic heterocycles. The standard InChI is InChI=1S/C19H29NO5/c1-7-10(2)8-11(3)9-12(4)17-16(22)15(21)14-13(5)20(24-6)19(23)18(14)25-17/h9-11,15-17,21-22H,5,7-8H2,1-4,6H3/b12-9+/t10?,11?,15-,16+,17-/m1/s1. The molecule has 6 nitrogen and oxygen atoms in total. The van der Waals surface area contributed by atoms with Gasteiger partial charge in [-0.2, -0.15) is 5.06 Å². The molecule has 0 spiro atoms. The second-order valence-electron chi connectivity index (χ2n) is 7.08. The smallest absolute Gasteiger partial charge is 0.317 e. The third-order valence-corrected chi connectivity index (χ3v) is 5.00. The average molecular weight is 351 g/mol. The van der Waals surface area contributed by atoms with Crippen LogP contribution >= 0.6 is 0 Å². The average Bonchev–Trinajstić information content (AvgIpc) is 2.80. The molecular formula is C19H29NO5. The van der Waals surface area contributed by atoms with E-state index in [1.807, 2.05) is 13.0 Å². The number of rotatable bonds is 6. The number of aliphatic hydroxyl groups excluding tert-OH is 2. The topological polar surface area (TPSA) is 79.2 Å². The van der Waals surface area contributed by atoms with Gasteiger partial charge in [-0.15, -0.1) is 0 Å². The molecule has 140 valence electrons. The Morgan fingerprint density at radius 3 is 2.64 bits per heavy atom. The lowest BCUT2D eigenvalue weighted by Crippen LogP contribution is -2.45. The molecule has 0 aromatic rings. The van der Waals surface area contributed by atoms with Crippen LogP contribution in [-0.4, -0.2) is 46.6 Å². The van der Waals surface area contributed by atoms with Crippen molar-refractivity contribution >= 4 is 5.91 Å². The zero-order chi connectivity index (χ0) is 18.9. The van der Waals surface area contributed by atoms with E-state index in [4.69, 9.17) is 9.57 Å². The maximum absolute atomic E-state index is 12.4. The molecule has 2 heterocycles. The first kappa shape index (κ1) is 19.7. The number of hydrogen-bond donors (Lipinski definition) is 2. The molecule has 1 amide bonds. The molecule has 2 aliphatic rings. The van der Waals surface area contributed by atoms with E-state index in [9.17, 15) is 15.0 Å². The molecule has 0 bridgehead atoms. The van der Waals surface area contributed by atoms with Crippen molar-refractivity contribution in [3.63, 3.8) is 0 Å². The van der Waals surface area contributed by atoms with E-state index < -0.39 is 24.2 Å². The third-order valence-electron chi connectivity index (χ3n) is 5.00. The Hall–Kier alpha value is -1.63. The highest BCUT2D eigenvalue weighted by Gasteiger charge is 2.48. The predicted molar refractivity (Wildman–Crippen MR) is 93.9 cm³/mol. The molecule has 25 heavy (non-hydrogen) atoms. The predicted octanol–water partition coefficient (Wildman–Crippen LogP) is 2.30. The van der Waals surface area contributed by atoms with Crippen molar-refractivity contribution in [1.29, 1.82) is 0 Å². The van der Waals surface area contributed by atoms with Crippen LogP contribution in [0, 0.1) is 11.8 Å². The number of nitrogens with zero attached hydrogens (tertiary/aromatic N) is 1. The van der Waals surface area contributed by atoms with Gasteiger partial charge in [0.2, 0.25) is 0 Å². The van der Waals surface area contributed by atoms with Crippen molar-refractivity contribution in [2.45, 2.75) is 58.8 Å². The lowest BCUT2D eigenvalue weighted by molar-refractivity contribution is -0.162. The van der Waals surface area contributed by atoms with E-state index >= 15 is 0 Å². The van der Waals surface area contributed by atoms with Crippen LogP contribution in [0.1, 0.15) is 40.5 Å². The second kappa shape index (κ2) is 7.72. The molecule has 0 radical (unpaired) electrons. The molecular weight excluding hydrogens is 322 g/mol. The molecule has 0 aromatic carbocycles. The summed E-state index contributed by atoms with van der Waals surface area (Å²) in [5.74, 6) is 0.394. The van der Waals surface area contributed by atoms with Crippen LogP contribution in [0.3, 0.4) is 0 Å². The Bertz CT molecular complexity index is 609. The quantitative estimate of drug-likeness (QED) is 0.718. The number of amides is 1. The van der Waals surface area contributed by atoms with Crippen LogP contribution < -0.4 is 0 Å². The van der Waals surface area contributed by atoms with Gasteiger partial charge in [0.1, 0.15) is 18.3 Å². The van der Waals surface area contributed by atoms with Gasteiger partial charge in [0, 0.05) is 0 Å². The minimum absolute atomic E-state index is 0.00280. The summed E-state index contributed by atoms with van der Waals surface area (Å²) in [4.78, 5) is 17.3. The number of hydrogen-bond acceptors (Lipinski definition) is 5. The third kappa shape index (κ3) is 3.66. The first-order valence-corrected chi connectivity index (χ1v) is 8.75. The van der Waals surface area contributed by atoms with Gasteiger partial charge in [0.05, 0.1) is 18.4 Å². The minimum Gasteiger partial charge on any atom is -0.477 e. The van der Waals surface area contributed by atoms with Gasteiger partial charge in [-0.1, -0.05) is 39.8 Å². The zero-order valence-electron chi connectivity index (χ0n) is 15.7. The molecule has 0 aliphatic carbocycles. The SMILES string of the molecule is C=C1C2=C(O[C@H](/C(C)=C/C(C)CC(C)CC)[C@@H](O)[C@@H]2O)C(=O)N1OC. The molecule has 2 aliphatic heterocycles. The van der Waals surface area contributed by atoms with Crippen LogP contribution in [-0.2, 0) is 14.4 Å². The fraction of sp³-hybridized carbons (Fsp3) is 0.632. The summed E-state index contributed by atoms with van der Waals surface area (Å²) >= 11 is 0. The Morgan fingerprint density at radius 2 is 2.08 bits per heavy atom. The molecule has 2 rings (SSSR count). The van der Waals surface area contributed by atoms with Gasteiger partial charge in [-0.3, -0.25) is 9.63 Å². The van der Waals surface area contributed by atoms with Crippen LogP contribution in [0.2, 0.25) is 0 Å². The highest BCUT2D eigenvalue weighted by atomic mass is 16.7. The van der Waals surface area contributed by atoms with Crippen molar-refractivity contribution in [2.75, 3.05) is 7.11 Å². The van der Waals surface area contributed by atoms with E-state index in [1.54, 1.807) is 0 Å². The molecule has 2 N–H and O–H groups in total. The van der Waals surface area contributed by atoms with Gasteiger partial charge >= 0.3 is 5.91 Å². The molecule has 5 atom stereocenters. The fourth-order valence-corrected chi connectivity index (χ4v) is 3.49. The Kier molecular flexibility index (Phi) is 6.08. The van der Waals surface area contributed by atoms with Gasteiger partial charge in [0.15, 0.2) is 5.76 Å². The minimum atomic E-state index is -1.25. The van der Waals surface area contributed by atoms with Crippen molar-refractivity contribution < 1.29 is 24.6 Å². The number of allylic oxidation sites excluding steroid dienone is 1. The summed E-state index contributed by atoms with van der Waals surface area (Å²) in [6, 6.07) is 0. The monoisotopic (exact) mass is 351 g/mol. The van der Waals surface area contributed by atoms with Gasteiger partial charge < -0.3 is 14.9 Å². The summed E-state index contributed by atoms with van der Waals surface area (Å²) < 4.78 is 5.77. The van der Waals surface area contributed by atoms with Crippen LogP contribution in [0.5, 0.6) is 0 Å². The van der Waals surface area contributed by atoms with Gasteiger partial charge in [0.25, 0.3) is 0 Å². The van der Waals surface area contributed by atoms with Crippen LogP contribution in [0.15, 0.2) is 35.3 Å². The van der Waals surface area contributed by atoms with E-state index in [0.29, 0.717) is 11.8 Å². The van der Waals surface area contributed by atoms with E-state index in [2.05, 4.69) is 27.4 Å². The maximum Gasteiger partial charge on any atom is 0.317 e.